The molecule has 1 aliphatic rings. The highest BCUT2D eigenvalue weighted by Crippen LogP contribution is 2.29. The summed E-state index contributed by atoms with van der Waals surface area (Å²) < 4.78 is 13.7. The number of Topliss-reactive ketones (excluding diaryl/α,β-unsaturated/α-hetero) is 1. The van der Waals surface area contributed by atoms with Crippen LogP contribution in [0.1, 0.15) is 30.6 Å². The lowest BCUT2D eigenvalue weighted by Gasteiger charge is -2.19. The topological polar surface area (TPSA) is 20.3 Å². The summed E-state index contributed by atoms with van der Waals surface area (Å²) in [5, 5.41) is 0. The third-order valence-corrected chi connectivity index (χ3v) is 3.06. The van der Waals surface area contributed by atoms with Crippen LogP contribution in [0, 0.1) is 0 Å². The smallest absolute Gasteiger partial charge is 0.159 e. The van der Waals surface area contributed by atoms with Crippen LogP contribution in [0.15, 0.2) is 24.3 Å². The molecule has 1 fully saturated rings. The Kier molecular flexibility index (Phi) is 2.70. The molecule has 2 nitrogen and oxygen atoms in total. The van der Waals surface area contributed by atoms with Gasteiger partial charge in [0.1, 0.15) is 5.67 Å². The maximum Gasteiger partial charge on any atom is 0.159 e. The molecular formula is C13H16FNO. The van der Waals surface area contributed by atoms with E-state index in [-0.39, 0.29) is 5.78 Å². The minimum absolute atomic E-state index is 0.0586. The molecule has 1 unspecified atom stereocenters. The van der Waals surface area contributed by atoms with Gasteiger partial charge in [-0.1, -0.05) is 0 Å². The maximum atomic E-state index is 13.7. The predicted molar refractivity (Wildman–Crippen MR) is 62.8 cm³/mol. The summed E-state index contributed by atoms with van der Waals surface area (Å²) in [5.41, 5.74) is 0.608. The highest BCUT2D eigenvalue weighted by molar-refractivity contribution is 5.94. The Hall–Kier alpha value is -1.38. The fourth-order valence-corrected chi connectivity index (χ4v) is 2.05. The molecule has 0 spiro atoms. The Bertz CT molecular complexity index is 397. The Balaban J connectivity index is 2.14. The number of rotatable bonds is 2. The molecule has 1 atom stereocenters. The third-order valence-electron chi connectivity index (χ3n) is 3.06. The molecule has 0 radical (unpaired) electrons. The number of hydrogen-bond donors (Lipinski definition) is 0. The van der Waals surface area contributed by atoms with Crippen molar-refractivity contribution in [2.75, 3.05) is 18.0 Å². The summed E-state index contributed by atoms with van der Waals surface area (Å²) in [6.07, 6.45) is 0.571. The quantitative estimate of drug-likeness (QED) is 0.716. The van der Waals surface area contributed by atoms with Crippen LogP contribution in [0.2, 0.25) is 0 Å². The van der Waals surface area contributed by atoms with Crippen LogP contribution < -0.4 is 4.90 Å². The van der Waals surface area contributed by atoms with Crippen LogP contribution >= 0.6 is 0 Å². The molecule has 1 aromatic rings. The lowest BCUT2D eigenvalue weighted by atomic mass is 10.1. The number of hydrogen-bond acceptors (Lipinski definition) is 2. The van der Waals surface area contributed by atoms with E-state index in [0.717, 1.165) is 12.2 Å². The second-order valence-electron chi connectivity index (χ2n) is 4.69. The summed E-state index contributed by atoms with van der Waals surface area (Å²) in [6.45, 7) is 4.36. The van der Waals surface area contributed by atoms with Gasteiger partial charge >= 0.3 is 0 Å². The van der Waals surface area contributed by atoms with Crippen LogP contribution in [0.3, 0.4) is 0 Å². The molecule has 2 rings (SSSR count). The zero-order valence-electron chi connectivity index (χ0n) is 9.66. The van der Waals surface area contributed by atoms with Gasteiger partial charge in [-0.25, -0.2) is 4.39 Å². The van der Waals surface area contributed by atoms with Crippen molar-refractivity contribution in [3.05, 3.63) is 29.8 Å². The number of nitrogens with zero attached hydrogens (tertiary/aromatic N) is 1. The summed E-state index contributed by atoms with van der Waals surface area (Å²) in [7, 11) is 0. The molecule has 1 aromatic carbocycles. The highest BCUT2D eigenvalue weighted by Gasteiger charge is 2.33. The molecule has 16 heavy (non-hydrogen) atoms. The number of halogens is 1. The summed E-state index contributed by atoms with van der Waals surface area (Å²) in [5.74, 6) is 0.0586. The van der Waals surface area contributed by atoms with E-state index in [0.29, 0.717) is 18.5 Å². The molecule has 1 heterocycles. The van der Waals surface area contributed by atoms with Crippen LogP contribution in [-0.2, 0) is 0 Å². The van der Waals surface area contributed by atoms with Gasteiger partial charge in [0.05, 0.1) is 6.54 Å². The molecule has 0 bridgehead atoms. The van der Waals surface area contributed by atoms with E-state index >= 15 is 0 Å². The molecule has 1 aliphatic heterocycles. The van der Waals surface area contributed by atoms with E-state index in [2.05, 4.69) is 0 Å². The van der Waals surface area contributed by atoms with Crippen LogP contribution in [0.25, 0.3) is 0 Å². The van der Waals surface area contributed by atoms with Gasteiger partial charge in [-0.2, -0.15) is 0 Å². The van der Waals surface area contributed by atoms with E-state index in [1.165, 1.54) is 0 Å². The molecule has 0 amide bonds. The summed E-state index contributed by atoms with van der Waals surface area (Å²) in [6, 6.07) is 7.37. The van der Waals surface area contributed by atoms with E-state index < -0.39 is 5.67 Å². The van der Waals surface area contributed by atoms with Crippen molar-refractivity contribution in [3.63, 3.8) is 0 Å². The lowest BCUT2D eigenvalue weighted by Crippen LogP contribution is -2.25. The van der Waals surface area contributed by atoms with Crippen molar-refractivity contribution in [3.8, 4) is 0 Å². The van der Waals surface area contributed by atoms with Gasteiger partial charge < -0.3 is 4.90 Å². The second-order valence-corrected chi connectivity index (χ2v) is 4.69. The van der Waals surface area contributed by atoms with Crippen molar-refractivity contribution >= 4 is 11.5 Å². The van der Waals surface area contributed by atoms with Gasteiger partial charge in [0, 0.05) is 24.2 Å². The molecule has 1 saturated heterocycles. The Morgan fingerprint density at radius 3 is 2.44 bits per heavy atom. The van der Waals surface area contributed by atoms with Gasteiger partial charge in [-0.3, -0.25) is 4.79 Å². The number of carbonyl (C=O) groups is 1. The van der Waals surface area contributed by atoms with Crippen molar-refractivity contribution in [2.45, 2.75) is 25.9 Å². The van der Waals surface area contributed by atoms with Crippen LogP contribution in [0.5, 0.6) is 0 Å². The number of ketones is 1. The molecule has 86 valence electrons. The van der Waals surface area contributed by atoms with E-state index in [9.17, 15) is 9.18 Å². The average molecular weight is 221 g/mol. The number of anilines is 1. The predicted octanol–water partition coefficient (Wildman–Crippen LogP) is 2.83. The van der Waals surface area contributed by atoms with Crippen molar-refractivity contribution in [1.29, 1.82) is 0 Å². The molecule has 3 heteroatoms. The van der Waals surface area contributed by atoms with Gasteiger partial charge in [-0.05, 0) is 38.1 Å². The second kappa shape index (κ2) is 3.89. The van der Waals surface area contributed by atoms with E-state index in [1.54, 1.807) is 26.0 Å². The molecule has 0 saturated carbocycles. The number of benzene rings is 1. The van der Waals surface area contributed by atoms with Gasteiger partial charge in [0.25, 0.3) is 0 Å². The molecule has 0 aromatic heterocycles. The largest absolute Gasteiger partial charge is 0.368 e. The van der Waals surface area contributed by atoms with E-state index in [4.69, 9.17) is 0 Å². The lowest BCUT2D eigenvalue weighted by molar-refractivity contribution is 0.101. The van der Waals surface area contributed by atoms with Crippen LogP contribution in [-0.4, -0.2) is 24.5 Å². The van der Waals surface area contributed by atoms with Crippen molar-refractivity contribution in [1.82, 2.24) is 0 Å². The standard InChI is InChI=1S/C13H16FNO/c1-10(16)11-3-5-12(6-4-11)15-8-7-13(2,14)9-15/h3-6H,7-9H2,1-2H3. The Morgan fingerprint density at radius 2 is 2.00 bits per heavy atom. The first kappa shape index (κ1) is 11.1. The van der Waals surface area contributed by atoms with Gasteiger partial charge in [-0.15, -0.1) is 0 Å². The van der Waals surface area contributed by atoms with Gasteiger partial charge in [0.15, 0.2) is 5.78 Å². The SMILES string of the molecule is CC(=O)c1ccc(N2CCC(C)(F)C2)cc1. The normalized spacial score (nSPS) is 24.8. The van der Waals surface area contributed by atoms with E-state index in [1.807, 2.05) is 17.0 Å². The Morgan fingerprint density at radius 1 is 1.38 bits per heavy atom. The monoisotopic (exact) mass is 221 g/mol. The first-order valence-electron chi connectivity index (χ1n) is 5.53. The zero-order valence-corrected chi connectivity index (χ0v) is 9.66. The molecule has 0 aliphatic carbocycles. The summed E-state index contributed by atoms with van der Waals surface area (Å²) >= 11 is 0. The first-order chi connectivity index (χ1) is 7.48. The van der Waals surface area contributed by atoms with Gasteiger partial charge in [0.2, 0.25) is 0 Å². The Labute approximate surface area is 95.1 Å². The highest BCUT2D eigenvalue weighted by atomic mass is 19.1. The zero-order chi connectivity index (χ0) is 11.8. The third kappa shape index (κ3) is 2.23. The van der Waals surface area contributed by atoms with Crippen molar-refractivity contribution in [2.24, 2.45) is 0 Å². The average Bonchev–Trinajstić information content (AvgIpc) is 2.59. The molecule has 0 N–H and O–H groups in total. The fraction of sp³-hybridized carbons (Fsp3) is 0.462. The maximum absolute atomic E-state index is 13.7. The van der Waals surface area contributed by atoms with Crippen LogP contribution in [0.4, 0.5) is 10.1 Å². The molecular weight excluding hydrogens is 205 g/mol. The number of alkyl halides is 1. The fourth-order valence-electron chi connectivity index (χ4n) is 2.05. The van der Waals surface area contributed by atoms with Crippen molar-refractivity contribution < 1.29 is 9.18 Å². The number of carbonyl (C=O) groups excluding carboxylic acids is 1. The minimum Gasteiger partial charge on any atom is -0.368 e. The minimum atomic E-state index is -1.08. The first-order valence-corrected chi connectivity index (χ1v) is 5.53. The summed E-state index contributed by atoms with van der Waals surface area (Å²) in [4.78, 5) is 13.1.